The van der Waals surface area contributed by atoms with Crippen molar-refractivity contribution in [3.63, 3.8) is 0 Å². The summed E-state index contributed by atoms with van der Waals surface area (Å²) >= 11 is 1.41. The maximum Gasteiger partial charge on any atom is 0.230 e. The standard InChI is InChI=1S/C18H19N3O5S2/c1-11-4-7-15(26-11)18-20-13(10-27-18)9-17(22)19-12-5-6-14(16(8-12)25-2)21-28(3,23)24/h4-8,10,21H,9H2,1-3H3,(H,19,22). The molecule has 3 rings (SSSR count). The van der Waals surface area contributed by atoms with E-state index in [-0.39, 0.29) is 12.3 Å². The topological polar surface area (TPSA) is 111 Å². The van der Waals surface area contributed by atoms with Gasteiger partial charge < -0.3 is 14.5 Å². The number of rotatable bonds is 7. The molecular formula is C18H19N3O5S2. The second-order valence-corrected chi connectivity index (χ2v) is 8.68. The number of thiazole rings is 1. The van der Waals surface area contributed by atoms with Gasteiger partial charge in [-0.15, -0.1) is 11.3 Å². The summed E-state index contributed by atoms with van der Waals surface area (Å²) in [6, 6.07) is 8.36. The number of anilines is 2. The second-order valence-electron chi connectivity index (χ2n) is 6.07. The van der Waals surface area contributed by atoms with Crippen LogP contribution in [0.4, 0.5) is 11.4 Å². The minimum Gasteiger partial charge on any atom is -0.494 e. The van der Waals surface area contributed by atoms with E-state index < -0.39 is 10.0 Å². The van der Waals surface area contributed by atoms with Gasteiger partial charge in [0, 0.05) is 17.1 Å². The van der Waals surface area contributed by atoms with Gasteiger partial charge in [0.2, 0.25) is 15.9 Å². The van der Waals surface area contributed by atoms with Crippen LogP contribution in [0.3, 0.4) is 0 Å². The highest BCUT2D eigenvalue weighted by atomic mass is 32.2. The summed E-state index contributed by atoms with van der Waals surface area (Å²) in [4.78, 5) is 16.7. The maximum absolute atomic E-state index is 12.3. The Labute approximate surface area is 166 Å². The molecule has 10 heteroatoms. The number of hydrogen-bond acceptors (Lipinski definition) is 7. The molecule has 148 valence electrons. The Balaban J connectivity index is 1.67. The Morgan fingerprint density at radius 3 is 2.71 bits per heavy atom. The van der Waals surface area contributed by atoms with E-state index in [9.17, 15) is 13.2 Å². The van der Waals surface area contributed by atoms with Crippen LogP contribution < -0.4 is 14.8 Å². The van der Waals surface area contributed by atoms with Crippen molar-refractivity contribution < 1.29 is 22.4 Å². The highest BCUT2D eigenvalue weighted by Gasteiger charge is 2.13. The number of furan rings is 1. The van der Waals surface area contributed by atoms with Crippen molar-refractivity contribution >= 4 is 38.6 Å². The number of amides is 1. The number of aryl methyl sites for hydroxylation is 1. The number of ether oxygens (including phenoxy) is 1. The zero-order valence-electron chi connectivity index (χ0n) is 15.5. The van der Waals surface area contributed by atoms with Gasteiger partial charge in [-0.05, 0) is 31.2 Å². The van der Waals surface area contributed by atoms with Gasteiger partial charge in [-0.2, -0.15) is 0 Å². The molecule has 0 aliphatic carbocycles. The molecular weight excluding hydrogens is 402 g/mol. The molecule has 2 aromatic heterocycles. The highest BCUT2D eigenvalue weighted by molar-refractivity contribution is 7.92. The van der Waals surface area contributed by atoms with Crippen LogP contribution in [0.2, 0.25) is 0 Å². The molecule has 1 amide bonds. The Hall–Kier alpha value is -2.85. The molecule has 0 atom stereocenters. The van der Waals surface area contributed by atoms with E-state index in [4.69, 9.17) is 9.15 Å². The maximum atomic E-state index is 12.3. The molecule has 0 radical (unpaired) electrons. The van der Waals surface area contributed by atoms with Crippen molar-refractivity contribution in [3.05, 3.63) is 47.2 Å². The fraction of sp³-hybridized carbons (Fsp3) is 0.222. The summed E-state index contributed by atoms with van der Waals surface area (Å²) in [6.45, 7) is 1.86. The van der Waals surface area contributed by atoms with E-state index in [0.717, 1.165) is 12.0 Å². The summed E-state index contributed by atoms with van der Waals surface area (Å²) in [5, 5.41) is 5.28. The normalized spacial score (nSPS) is 11.2. The molecule has 0 spiro atoms. The number of hydrogen-bond donors (Lipinski definition) is 2. The number of sulfonamides is 1. The minimum atomic E-state index is -3.44. The lowest BCUT2D eigenvalue weighted by Crippen LogP contribution is -2.15. The molecule has 28 heavy (non-hydrogen) atoms. The highest BCUT2D eigenvalue weighted by Crippen LogP contribution is 2.29. The lowest BCUT2D eigenvalue weighted by molar-refractivity contribution is -0.115. The van der Waals surface area contributed by atoms with Gasteiger partial charge in [0.15, 0.2) is 10.8 Å². The average molecular weight is 422 g/mol. The second kappa shape index (κ2) is 8.03. The van der Waals surface area contributed by atoms with E-state index >= 15 is 0 Å². The molecule has 8 nitrogen and oxygen atoms in total. The third-order valence-electron chi connectivity index (χ3n) is 3.63. The number of aromatic nitrogens is 1. The average Bonchev–Trinajstić information content (AvgIpc) is 3.23. The molecule has 2 N–H and O–H groups in total. The fourth-order valence-corrected chi connectivity index (χ4v) is 3.82. The summed E-state index contributed by atoms with van der Waals surface area (Å²) in [6.07, 6.45) is 1.15. The number of nitrogens with zero attached hydrogens (tertiary/aromatic N) is 1. The zero-order valence-corrected chi connectivity index (χ0v) is 17.1. The van der Waals surface area contributed by atoms with Gasteiger partial charge in [0.05, 0.1) is 31.2 Å². The van der Waals surface area contributed by atoms with Gasteiger partial charge in [0.25, 0.3) is 0 Å². The SMILES string of the molecule is COc1cc(NC(=O)Cc2csc(-c3ccc(C)o3)n2)ccc1NS(C)(=O)=O. The number of nitrogens with one attached hydrogen (secondary N) is 2. The van der Waals surface area contributed by atoms with Crippen molar-refractivity contribution in [1.82, 2.24) is 4.98 Å². The van der Waals surface area contributed by atoms with Crippen LogP contribution in [-0.2, 0) is 21.2 Å². The van der Waals surface area contributed by atoms with Crippen LogP contribution >= 0.6 is 11.3 Å². The van der Waals surface area contributed by atoms with E-state index in [1.165, 1.54) is 24.5 Å². The molecule has 0 saturated heterocycles. The molecule has 2 heterocycles. The first-order valence-corrected chi connectivity index (χ1v) is 11.0. The number of carbonyl (C=O) groups excluding carboxylic acids is 1. The largest absolute Gasteiger partial charge is 0.494 e. The summed E-state index contributed by atoms with van der Waals surface area (Å²) in [7, 11) is -2.02. The quantitative estimate of drug-likeness (QED) is 0.606. The first kappa shape index (κ1) is 19.9. The molecule has 0 fully saturated rings. The van der Waals surface area contributed by atoms with E-state index in [1.807, 2.05) is 24.4 Å². The van der Waals surface area contributed by atoms with E-state index in [1.54, 1.807) is 12.1 Å². The van der Waals surface area contributed by atoms with Crippen LogP contribution in [0.25, 0.3) is 10.8 Å². The molecule has 0 aliphatic rings. The van der Waals surface area contributed by atoms with Gasteiger partial charge in [-0.3, -0.25) is 9.52 Å². The Morgan fingerprint density at radius 1 is 1.29 bits per heavy atom. The van der Waals surface area contributed by atoms with Gasteiger partial charge in [0.1, 0.15) is 11.5 Å². The number of methoxy groups -OCH3 is 1. The first-order chi connectivity index (χ1) is 13.2. The smallest absolute Gasteiger partial charge is 0.230 e. The van der Waals surface area contributed by atoms with Crippen molar-refractivity contribution in [1.29, 1.82) is 0 Å². The zero-order chi connectivity index (χ0) is 20.3. The molecule has 0 saturated carbocycles. The van der Waals surface area contributed by atoms with Crippen LogP contribution in [-0.4, -0.2) is 32.7 Å². The van der Waals surface area contributed by atoms with E-state index in [2.05, 4.69) is 15.0 Å². The first-order valence-electron chi connectivity index (χ1n) is 8.20. The lowest BCUT2D eigenvalue weighted by atomic mass is 10.2. The predicted octanol–water partition coefficient (Wildman–Crippen LogP) is 3.27. The Kier molecular flexibility index (Phi) is 5.71. The number of benzene rings is 1. The van der Waals surface area contributed by atoms with E-state index in [0.29, 0.717) is 33.6 Å². The van der Waals surface area contributed by atoms with Gasteiger partial charge in [-0.25, -0.2) is 13.4 Å². The van der Waals surface area contributed by atoms with Crippen LogP contribution in [0.1, 0.15) is 11.5 Å². The predicted molar refractivity (Wildman–Crippen MR) is 108 cm³/mol. The van der Waals surface area contributed by atoms with Crippen molar-refractivity contribution in [3.8, 4) is 16.5 Å². The van der Waals surface area contributed by atoms with Gasteiger partial charge in [-0.1, -0.05) is 0 Å². The van der Waals surface area contributed by atoms with Gasteiger partial charge >= 0.3 is 0 Å². The fourth-order valence-electron chi connectivity index (χ4n) is 2.47. The summed E-state index contributed by atoms with van der Waals surface area (Å²) < 4.78 is 35.9. The number of carbonyl (C=O) groups is 1. The van der Waals surface area contributed by atoms with Crippen molar-refractivity contribution in [2.75, 3.05) is 23.4 Å². The van der Waals surface area contributed by atoms with Crippen molar-refractivity contribution in [2.24, 2.45) is 0 Å². The Bertz CT molecular complexity index is 1100. The molecule has 0 bridgehead atoms. The summed E-state index contributed by atoms with van der Waals surface area (Å²) in [5.41, 5.74) is 1.41. The molecule has 3 aromatic rings. The molecule has 1 aromatic carbocycles. The Morgan fingerprint density at radius 2 is 2.07 bits per heavy atom. The van der Waals surface area contributed by atoms with Crippen molar-refractivity contribution in [2.45, 2.75) is 13.3 Å². The minimum absolute atomic E-state index is 0.0991. The third kappa shape index (κ3) is 5.11. The van der Waals surface area contributed by atoms with Crippen LogP contribution in [0, 0.1) is 6.92 Å². The lowest BCUT2D eigenvalue weighted by Gasteiger charge is -2.12. The molecule has 0 aliphatic heterocycles. The molecule has 0 unspecified atom stereocenters. The van der Waals surface area contributed by atoms with Crippen LogP contribution in [0.15, 0.2) is 40.1 Å². The monoisotopic (exact) mass is 421 g/mol. The third-order valence-corrected chi connectivity index (χ3v) is 5.12. The van der Waals surface area contributed by atoms with Crippen LogP contribution in [0.5, 0.6) is 5.75 Å². The summed E-state index contributed by atoms with van der Waals surface area (Å²) in [5.74, 6) is 1.52.